The molecule has 4 nitrogen and oxygen atoms in total. The molecule has 2 aromatic heterocycles. The van der Waals surface area contributed by atoms with E-state index in [4.69, 9.17) is 12.2 Å². The third kappa shape index (κ3) is 2.81. The van der Waals surface area contributed by atoms with Crippen LogP contribution in [0.2, 0.25) is 0 Å². The van der Waals surface area contributed by atoms with E-state index >= 15 is 0 Å². The summed E-state index contributed by atoms with van der Waals surface area (Å²) >= 11 is 9.09. The zero-order valence-corrected chi connectivity index (χ0v) is 16.7. The van der Waals surface area contributed by atoms with Gasteiger partial charge < -0.3 is 4.57 Å². The molecule has 0 aliphatic heterocycles. The smallest absolute Gasteiger partial charge is 0.199 e. The van der Waals surface area contributed by atoms with Crippen molar-refractivity contribution in [3.63, 3.8) is 0 Å². The van der Waals surface area contributed by atoms with Crippen molar-refractivity contribution in [2.75, 3.05) is 0 Å². The molecule has 0 unspecified atom stereocenters. The van der Waals surface area contributed by atoms with E-state index in [2.05, 4.69) is 91.5 Å². The Morgan fingerprint density at radius 1 is 0.963 bits per heavy atom. The van der Waals surface area contributed by atoms with Crippen molar-refractivity contribution >= 4 is 49.8 Å². The van der Waals surface area contributed by atoms with Gasteiger partial charge in [-0.1, -0.05) is 52.3 Å². The van der Waals surface area contributed by atoms with Gasteiger partial charge in [0.05, 0.1) is 12.2 Å². The Hall–Kier alpha value is -2.70. The van der Waals surface area contributed by atoms with Crippen LogP contribution in [0.5, 0.6) is 0 Å². The number of halogens is 1. The summed E-state index contributed by atoms with van der Waals surface area (Å²) in [6, 6.07) is 23.0. The SMILES string of the molecule is S=c1[nH]nc(Cn2ccc3cc(Br)ccc32)n1-c1cccc2ccccc12. The quantitative estimate of drug-likeness (QED) is 0.361. The van der Waals surface area contributed by atoms with E-state index in [-0.39, 0.29) is 0 Å². The van der Waals surface area contributed by atoms with Crippen molar-refractivity contribution in [3.8, 4) is 5.69 Å². The molecular formula is C21H15BrN4S. The van der Waals surface area contributed by atoms with Crippen LogP contribution >= 0.6 is 28.1 Å². The fourth-order valence-corrected chi connectivity index (χ4v) is 4.18. The van der Waals surface area contributed by atoms with E-state index in [1.165, 1.54) is 10.8 Å². The molecule has 5 aromatic rings. The van der Waals surface area contributed by atoms with Gasteiger partial charge in [-0.3, -0.25) is 9.67 Å². The number of nitrogens with one attached hydrogen (secondary N) is 1. The summed E-state index contributed by atoms with van der Waals surface area (Å²) in [5.74, 6) is 0.872. The molecule has 0 radical (unpaired) electrons. The lowest BCUT2D eigenvalue weighted by atomic mass is 10.1. The molecule has 3 aromatic carbocycles. The van der Waals surface area contributed by atoms with Crippen LogP contribution in [0.1, 0.15) is 5.82 Å². The van der Waals surface area contributed by atoms with Crippen LogP contribution in [0.3, 0.4) is 0 Å². The molecule has 0 saturated heterocycles. The Labute approximate surface area is 169 Å². The second-order valence-corrected chi connectivity index (χ2v) is 7.73. The van der Waals surface area contributed by atoms with Crippen molar-refractivity contribution in [1.29, 1.82) is 0 Å². The first-order chi connectivity index (χ1) is 13.2. The number of hydrogen-bond donors (Lipinski definition) is 1. The van der Waals surface area contributed by atoms with Crippen LogP contribution in [0.4, 0.5) is 0 Å². The highest BCUT2D eigenvalue weighted by Crippen LogP contribution is 2.25. The maximum atomic E-state index is 5.56. The molecule has 0 spiro atoms. The van der Waals surface area contributed by atoms with Crippen LogP contribution in [0, 0.1) is 4.77 Å². The van der Waals surface area contributed by atoms with Crippen molar-refractivity contribution in [2.45, 2.75) is 6.54 Å². The van der Waals surface area contributed by atoms with Crippen LogP contribution in [0.25, 0.3) is 27.4 Å². The number of benzene rings is 3. The predicted octanol–water partition coefficient (Wildman–Crippen LogP) is 5.85. The Balaban J connectivity index is 1.66. The largest absolute Gasteiger partial charge is 0.340 e. The maximum absolute atomic E-state index is 5.56. The predicted molar refractivity (Wildman–Crippen MR) is 115 cm³/mol. The van der Waals surface area contributed by atoms with Gasteiger partial charge >= 0.3 is 0 Å². The Kier molecular flexibility index (Phi) is 3.95. The Bertz CT molecular complexity index is 1340. The summed E-state index contributed by atoms with van der Waals surface area (Å²) in [5.41, 5.74) is 2.21. The molecule has 0 saturated carbocycles. The first-order valence-electron chi connectivity index (χ1n) is 8.59. The van der Waals surface area contributed by atoms with Crippen molar-refractivity contribution in [1.82, 2.24) is 19.3 Å². The molecule has 0 atom stereocenters. The van der Waals surface area contributed by atoms with Gasteiger partial charge in [0, 0.05) is 27.0 Å². The molecular weight excluding hydrogens is 420 g/mol. The van der Waals surface area contributed by atoms with Crippen LogP contribution in [0.15, 0.2) is 77.4 Å². The lowest BCUT2D eigenvalue weighted by Gasteiger charge is -2.11. The summed E-state index contributed by atoms with van der Waals surface area (Å²) < 4.78 is 5.89. The molecule has 6 heteroatoms. The number of fused-ring (bicyclic) bond motifs is 2. The standard InChI is InChI=1S/C21H15BrN4S/c22-16-8-9-18-15(12-16)10-11-25(18)13-20-23-24-21(27)26(20)19-7-3-5-14-4-1-2-6-17(14)19/h1-12H,13H2,(H,24,27). The summed E-state index contributed by atoms with van der Waals surface area (Å²) in [4.78, 5) is 0. The van der Waals surface area contributed by atoms with Crippen molar-refractivity contribution in [3.05, 3.63) is 88.0 Å². The topological polar surface area (TPSA) is 38.5 Å². The maximum Gasteiger partial charge on any atom is 0.199 e. The molecule has 132 valence electrons. The first-order valence-corrected chi connectivity index (χ1v) is 9.80. The highest BCUT2D eigenvalue weighted by Gasteiger charge is 2.13. The third-order valence-corrected chi connectivity index (χ3v) is 5.56. The van der Waals surface area contributed by atoms with E-state index in [0.717, 1.165) is 26.9 Å². The molecule has 1 N–H and O–H groups in total. The summed E-state index contributed by atoms with van der Waals surface area (Å²) in [6.07, 6.45) is 2.09. The lowest BCUT2D eigenvalue weighted by molar-refractivity contribution is 0.748. The van der Waals surface area contributed by atoms with Crippen LogP contribution in [-0.4, -0.2) is 19.3 Å². The fraction of sp³-hybridized carbons (Fsp3) is 0.0476. The Morgan fingerprint density at radius 3 is 2.74 bits per heavy atom. The summed E-state index contributed by atoms with van der Waals surface area (Å²) in [6.45, 7) is 0.626. The number of aromatic nitrogens is 4. The molecule has 0 aliphatic rings. The molecule has 2 heterocycles. The molecule has 5 rings (SSSR count). The average Bonchev–Trinajstić information content (AvgIpc) is 3.25. The second kappa shape index (κ2) is 6.48. The average molecular weight is 435 g/mol. The van der Waals surface area contributed by atoms with Gasteiger partial charge in [-0.15, -0.1) is 0 Å². The second-order valence-electron chi connectivity index (χ2n) is 6.43. The number of hydrogen-bond acceptors (Lipinski definition) is 2. The van der Waals surface area contributed by atoms with Gasteiger partial charge in [0.1, 0.15) is 0 Å². The molecule has 0 amide bonds. The van der Waals surface area contributed by atoms with Gasteiger partial charge in [0.2, 0.25) is 0 Å². The molecule has 0 bridgehead atoms. The van der Waals surface area contributed by atoms with E-state index in [1.807, 2.05) is 16.7 Å². The van der Waals surface area contributed by atoms with Gasteiger partial charge in [0.25, 0.3) is 0 Å². The lowest BCUT2D eigenvalue weighted by Crippen LogP contribution is -2.07. The molecule has 0 fully saturated rings. The van der Waals surface area contributed by atoms with Crippen LogP contribution < -0.4 is 0 Å². The zero-order chi connectivity index (χ0) is 18.4. The number of H-pyrrole nitrogens is 1. The third-order valence-electron chi connectivity index (χ3n) is 4.79. The summed E-state index contributed by atoms with van der Waals surface area (Å²) in [5, 5.41) is 11.0. The van der Waals surface area contributed by atoms with E-state index in [9.17, 15) is 0 Å². The number of nitrogens with zero attached hydrogens (tertiary/aromatic N) is 3. The normalized spacial score (nSPS) is 11.4. The summed E-state index contributed by atoms with van der Waals surface area (Å²) in [7, 11) is 0. The zero-order valence-electron chi connectivity index (χ0n) is 14.3. The van der Waals surface area contributed by atoms with Crippen LogP contribution in [-0.2, 0) is 6.54 Å². The first kappa shape index (κ1) is 16.5. The highest BCUT2D eigenvalue weighted by molar-refractivity contribution is 9.10. The van der Waals surface area contributed by atoms with Crippen molar-refractivity contribution in [2.24, 2.45) is 0 Å². The van der Waals surface area contributed by atoms with E-state index < -0.39 is 0 Å². The minimum absolute atomic E-state index is 0.598. The van der Waals surface area contributed by atoms with E-state index in [1.54, 1.807) is 0 Å². The molecule has 27 heavy (non-hydrogen) atoms. The van der Waals surface area contributed by atoms with Gasteiger partial charge in [-0.25, -0.2) is 0 Å². The van der Waals surface area contributed by atoms with Gasteiger partial charge in [0.15, 0.2) is 10.6 Å². The number of aromatic amines is 1. The van der Waals surface area contributed by atoms with Gasteiger partial charge in [-0.2, -0.15) is 5.10 Å². The van der Waals surface area contributed by atoms with Crippen molar-refractivity contribution < 1.29 is 0 Å². The van der Waals surface area contributed by atoms with Gasteiger partial charge in [-0.05, 0) is 47.9 Å². The highest BCUT2D eigenvalue weighted by atomic mass is 79.9. The fourth-order valence-electron chi connectivity index (χ4n) is 3.55. The van der Waals surface area contributed by atoms with E-state index in [0.29, 0.717) is 11.3 Å². The minimum atomic E-state index is 0.598. The minimum Gasteiger partial charge on any atom is -0.340 e. The monoisotopic (exact) mass is 434 g/mol. The number of rotatable bonds is 3. The Morgan fingerprint density at radius 2 is 1.81 bits per heavy atom. The molecule has 0 aliphatic carbocycles.